The summed E-state index contributed by atoms with van der Waals surface area (Å²) in [4.78, 5) is 17.2. The molecule has 3 aromatic rings. The van der Waals surface area contributed by atoms with Gasteiger partial charge in [0, 0.05) is 30.7 Å². The van der Waals surface area contributed by atoms with Gasteiger partial charge in [-0.25, -0.2) is 4.79 Å². The van der Waals surface area contributed by atoms with E-state index in [1.165, 1.54) is 31.2 Å². The maximum Gasteiger partial charge on any atom is 0.333 e. The zero-order chi connectivity index (χ0) is 17.2. The van der Waals surface area contributed by atoms with Gasteiger partial charge in [-0.15, -0.1) is 0 Å². The van der Waals surface area contributed by atoms with E-state index in [9.17, 15) is 4.79 Å². The Hall–Kier alpha value is -2.62. The minimum atomic E-state index is 0.0440. The first-order valence-electron chi connectivity index (χ1n) is 9.02. The van der Waals surface area contributed by atoms with Gasteiger partial charge in [0.1, 0.15) is 0 Å². The lowest BCUT2D eigenvalue weighted by molar-refractivity contribution is 0.448. The van der Waals surface area contributed by atoms with Crippen LogP contribution in [0.2, 0.25) is 0 Å². The first kappa shape index (κ1) is 15.9. The van der Waals surface area contributed by atoms with E-state index in [-0.39, 0.29) is 5.69 Å². The van der Waals surface area contributed by atoms with E-state index in [1.54, 1.807) is 12.4 Å². The molecule has 0 unspecified atom stereocenters. The molecule has 2 aromatic heterocycles. The molecule has 0 radical (unpaired) electrons. The Morgan fingerprint density at radius 2 is 1.72 bits per heavy atom. The molecule has 0 N–H and O–H groups in total. The number of nitrogens with zero attached hydrogens (tertiary/aromatic N) is 3. The van der Waals surface area contributed by atoms with Crippen LogP contribution in [0.3, 0.4) is 0 Å². The highest BCUT2D eigenvalue weighted by Crippen LogP contribution is 2.27. The molecule has 0 atom stereocenters. The highest BCUT2D eigenvalue weighted by Gasteiger charge is 2.20. The summed E-state index contributed by atoms with van der Waals surface area (Å²) in [7, 11) is 0. The van der Waals surface area contributed by atoms with Crippen molar-refractivity contribution in [3.8, 4) is 16.9 Å². The summed E-state index contributed by atoms with van der Waals surface area (Å²) in [6.45, 7) is 2.87. The average molecular weight is 333 g/mol. The zero-order valence-electron chi connectivity index (χ0n) is 14.6. The predicted octanol–water partition coefficient (Wildman–Crippen LogP) is 4.20. The maximum atomic E-state index is 13.1. The number of rotatable bonds is 4. The maximum absolute atomic E-state index is 13.1. The Balaban J connectivity index is 1.83. The second-order valence-electron chi connectivity index (χ2n) is 7.01. The van der Waals surface area contributed by atoms with E-state index in [2.05, 4.69) is 11.9 Å². The lowest BCUT2D eigenvalue weighted by Crippen LogP contribution is -2.25. The van der Waals surface area contributed by atoms with Gasteiger partial charge in [-0.05, 0) is 49.9 Å². The number of aromatic nitrogens is 3. The molecule has 0 aliphatic heterocycles. The third-order valence-electron chi connectivity index (χ3n) is 5.15. The van der Waals surface area contributed by atoms with Crippen LogP contribution in [-0.2, 0) is 6.54 Å². The van der Waals surface area contributed by atoms with Gasteiger partial charge in [0.25, 0.3) is 0 Å². The van der Waals surface area contributed by atoms with Crippen molar-refractivity contribution in [2.24, 2.45) is 5.92 Å². The van der Waals surface area contributed by atoms with Crippen LogP contribution in [-0.4, -0.2) is 14.1 Å². The van der Waals surface area contributed by atoms with Crippen molar-refractivity contribution >= 4 is 0 Å². The number of pyridine rings is 1. The molecule has 0 spiro atoms. The minimum absolute atomic E-state index is 0.0440. The topological polar surface area (TPSA) is 39.8 Å². The average Bonchev–Trinajstić information content (AvgIpc) is 3.26. The number of benzene rings is 1. The molecule has 2 heterocycles. The number of aryl methyl sites for hydroxylation is 1. The van der Waals surface area contributed by atoms with E-state index < -0.39 is 0 Å². The summed E-state index contributed by atoms with van der Waals surface area (Å²) in [5, 5.41) is 0. The van der Waals surface area contributed by atoms with Crippen LogP contribution >= 0.6 is 0 Å². The second kappa shape index (κ2) is 6.71. The van der Waals surface area contributed by atoms with Gasteiger partial charge in [0.15, 0.2) is 0 Å². The van der Waals surface area contributed by atoms with Crippen LogP contribution in [0.15, 0.2) is 59.8 Å². The fraction of sp³-hybridized carbons (Fsp3) is 0.333. The molecular formula is C21H23N3O. The molecule has 0 bridgehead atoms. The monoisotopic (exact) mass is 333 g/mol. The Morgan fingerprint density at radius 3 is 2.40 bits per heavy atom. The van der Waals surface area contributed by atoms with Crippen LogP contribution in [0.1, 0.15) is 31.2 Å². The largest absolute Gasteiger partial charge is 0.333 e. The van der Waals surface area contributed by atoms with Gasteiger partial charge in [-0.3, -0.25) is 14.1 Å². The lowest BCUT2D eigenvalue weighted by Gasteiger charge is -2.09. The Kier molecular flexibility index (Phi) is 4.26. The number of hydrogen-bond acceptors (Lipinski definition) is 2. The van der Waals surface area contributed by atoms with Crippen molar-refractivity contribution in [1.82, 2.24) is 14.1 Å². The molecule has 1 saturated carbocycles. The molecule has 0 amide bonds. The minimum Gasteiger partial charge on any atom is -0.298 e. The summed E-state index contributed by atoms with van der Waals surface area (Å²) >= 11 is 0. The third kappa shape index (κ3) is 3.16. The van der Waals surface area contributed by atoms with Crippen LogP contribution in [0.25, 0.3) is 16.9 Å². The zero-order valence-corrected chi connectivity index (χ0v) is 14.6. The van der Waals surface area contributed by atoms with Crippen molar-refractivity contribution < 1.29 is 0 Å². The third-order valence-corrected chi connectivity index (χ3v) is 5.15. The smallest absolute Gasteiger partial charge is 0.298 e. The summed E-state index contributed by atoms with van der Waals surface area (Å²) in [5.74, 6) is 0.622. The SMILES string of the molecule is Cc1ccc(-n2c(-c3ccncc3)cn(CC3CCCC3)c2=O)cc1. The van der Waals surface area contributed by atoms with Crippen molar-refractivity contribution in [1.29, 1.82) is 0 Å². The molecule has 128 valence electrons. The van der Waals surface area contributed by atoms with E-state index >= 15 is 0 Å². The highest BCUT2D eigenvalue weighted by molar-refractivity contribution is 5.61. The lowest BCUT2D eigenvalue weighted by atomic mass is 10.1. The Morgan fingerprint density at radius 1 is 1.04 bits per heavy atom. The fourth-order valence-corrected chi connectivity index (χ4v) is 3.76. The van der Waals surface area contributed by atoms with Gasteiger partial charge < -0.3 is 0 Å². The fourth-order valence-electron chi connectivity index (χ4n) is 3.76. The van der Waals surface area contributed by atoms with Crippen molar-refractivity contribution in [3.63, 3.8) is 0 Å². The van der Waals surface area contributed by atoms with Gasteiger partial charge in [-0.2, -0.15) is 0 Å². The number of hydrogen-bond donors (Lipinski definition) is 0. The van der Waals surface area contributed by atoms with Crippen LogP contribution in [0.5, 0.6) is 0 Å². The summed E-state index contributed by atoms with van der Waals surface area (Å²) in [6, 6.07) is 12.0. The predicted molar refractivity (Wildman–Crippen MR) is 100.0 cm³/mol. The van der Waals surface area contributed by atoms with Crippen molar-refractivity contribution in [2.75, 3.05) is 0 Å². The first-order valence-corrected chi connectivity index (χ1v) is 9.02. The van der Waals surface area contributed by atoms with E-state index in [1.807, 2.05) is 51.7 Å². The van der Waals surface area contributed by atoms with Gasteiger partial charge in [0.2, 0.25) is 0 Å². The van der Waals surface area contributed by atoms with E-state index in [4.69, 9.17) is 0 Å². The van der Waals surface area contributed by atoms with E-state index in [0.717, 1.165) is 23.5 Å². The molecule has 25 heavy (non-hydrogen) atoms. The molecule has 4 rings (SSSR count). The normalized spacial score (nSPS) is 14.9. The first-order chi connectivity index (χ1) is 12.2. The van der Waals surface area contributed by atoms with E-state index in [0.29, 0.717) is 5.92 Å². The molecule has 1 aromatic carbocycles. The molecule has 1 fully saturated rings. The quantitative estimate of drug-likeness (QED) is 0.718. The molecular weight excluding hydrogens is 310 g/mol. The summed E-state index contributed by atoms with van der Waals surface area (Å²) in [6.07, 6.45) is 10.6. The molecule has 1 aliphatic carbocycles. The molecule has 1 aliphatic rings. The Labute approximate surface area is 147 Å². The van der Waals surface area contributed by atoms with Gasteiger partial charge in [0.05, 0.1) is 11.4 Å². The van der Waals surface area contributed by atoms with Crippen molar-refractivity contribution in [2.45, 2.75) is 39.2 Å². The number of imidazole rings is 1. The van der Waals surface area contributed by atoms with Gasteiger partial charge in [-0.1, -0.05) is 30.5 Å². The second-order valence-corrected chi connectivity index (χ2v) is 7.01. The molecule has 4 nitrogen and oxygen atoms in total. The Bertz CT molecular complexity index is 901. The highest BCUT2D eigenvalue weighted by atomic mass is 16.1. The standard InChI is InChI=1S/C21H23N3O/c1-16-6-8-19(9-7-16)24-20(18-10-12-22-13-11-18)15-23(21(24)25)14-17-4-2-3-5-17/h6-13,15,17H,2-5,14H2,1H3. The van der Waals surface area contributed by atoms with Crippen LogP contribution < -0.4 is 5.69 Å². The molecule has 4 heteroatoms. The molecule has 0 saturated heterocycles. The van der Waals surface area contributed by atoms with Gasteiger partial charge >= 0.3 is 5.69 Å². The van der Waals surface area contributed by atoms with Crippen LogP contribution in [0.4, 0.5) is 0 Å². The van der Waals surface area contributed by atoms with Crippen LogP contribution in [0, 0.1) is 12.8 Å². The summed E-state index contributed by atoms with van der Waals surface area (Å²) in [5.41, 5.74) is 4.08. The van der Waals surface area contributed by atoms with Crippen molar-refractivity contribution in [3.05, 3.63) is 71.0 Å². The summed E-state index contributed by atoms with van der Waals surface area (Å²) < 4.78 is 3.72.